The van der Waals surface area contributed by atoms with E-state index in [1.807, 2.05) is 4.90 Å². The third-order valence-electron chi connectivity index (χ3n) is 3.54. The minimum Gasteiger partial charge on any atom is -0.376 e. The Balaban J connectivity index is 1.71. The molecule has 2 amide bonds. The molecule has 104 valence electrons. The number of ether oxygens (including phenoxy) is 1. The monoisotopic (exact) mass is 255 g/mol. The van der Waals surface area contributed by atoms with Crippen LogP contribution < -0.4 is 10.6 Å². The number of urea groups is 1. The molecule has 2 rings (SSSR count). The van der Waals surface area contributed by atoms with Gasteiger partial charge in [-0.3, -0.25) is 0 Å². The number of amides is 2. The second kappa shape index (κ2) is 6.38. The summed E-state index contributed by atoms with van der Waals surface area (Å²) in [5.41, 5.74) is 0. The highest BCUT2D eigenvalue weighted by Gasteiger charge is 2.29. The van der Waals surface area contributed by atoms with Crippen LogP contribution in [0.15, 0.2) is 0 Å². The number of hydrogen-bond donors (Lipinski definition) is 2. The number of carbonyl (C=O) groups excluding carboxylic acids is 1. The number of morpholine rings is 1. The van der Waals surface area contributed by atoms with E-state index in [2.05, 4.69) is 24.5 Å². The van der Waals surface area contributed by atoms with E-state index >= 15 is 0 Å². The van der Waals surface area contributed by atoms with Crippen molar-refractivity contribution in [3.05, 3.63) is 0 Å². The molecule has 0 bridgehead atoms. The van der Waals surface area contributed by atoms with Gasteiger partial charge in [-0.05, 0) is 18.8 Å². The van der Waals surface area contributed by atoms with Crippen molar-refractivity contribution in [2.75, 3.05) is 32.8 Å². The van der Waals surface area contributed by atoms with Crippen molar-refractivity contribution in [3.63, 3.8) is 0 Å². The first-order chi connectivity index (χ1) is 8.65. The SMILES string of the molecule is CC(C)CC1CN(CCC2CNCCO2)C(=O)N1. The zero-order valence-corrected chi connectivity index (χ0v) is 11.4. The molecule has 0 aromatic rings. The Kier molecular flexibility index (Phi) is 4.83. The lowest BCUT2D eigenvalue weighted by Crippen LogP contribution is -2.41. The summed E-state index contributed by atoms with van der Waals surface area (Å²) in [6.07, 6.45) is 2.24. The fourth-order valence-electron chi connectivity index (χ4n) is 2.66. The van der Waals surface area contributed by atoms with E-state index in [4.69, 9.17) is 4.74 Å². The third kappa shape index (κ3) is 3.85. The van der Waals surface area contributed by atoms with Crippen LogP contribution in [0.3, 0.4) is 0 Å². The molecule has 0 aromatic carbocycles. The van der Waals surface area contributed by atoms with E-state index < -0.39 is 0 Å². The molecule has 2 fully saturated rings. The molecule has 0 aromatic heterocycles. The summed E-state index contributed by atoms with van der Waals surface area (Å²) < 4.78 is 5.64. The Morgan fingerprint density at radius 3 is 3.00 bits per heavy atom. The van der Waals surface area contributed by atoms with Gasteiger partial charge in [-0.15, -0.1) is 0 Å². The third-order valence-corrected chi connectivity index (χ3v) is 3.54. The smallest absolute Gasteiger partial charge is 0.317 e. The van der Waals surface area contributed by atoms with Crippen LogP contribution in [-0.2, 0) is 4.74 Å². The van der Waals surface area contributed by atoms with Crippen LogP contribution >= 0.6 is 0 Å². The van der Waals surface area contributed by atoms with Gasteiger partial charge in [0.05, 0.1) is 12.7 Å². The molecule has 2 saturated heterocycles. The predicted octanol–water partition coefficient (Wildman–Crippen LogP) is 0.805. The van der Waals surface area contributed by atoms with Crippen molar-refractivity contribution in [1.29, 1.82) is 0 Å². The fourth-order valence-corrected chi connectivity index (χ4v) is 2.66. The van der Waals surface area contributed by atoms with Gasteiger partial charge in [0, 0.05) is 32.2 Å². The lowest BCUT2D eigenvalue weighted by molar-refractivity contribution is 0.0201. The average molecular weight is 255 g/mol. The molecule has 2 aliphatic heterocycles. The van der Waals surface area contributed by atoms with Gasteiger partial charge >= 0.3 is 6.03 Å². The first-order valence-corrected chi connectivity index (χ1v) is 7.03. The standard InChI is InChI=1S/C13H25N3O2/c1-10(2)7-11-9-16(13(17)15-11)5-3-12-8-14-4-6-18-12/h10-12,14H,3-9H2,1-2H3,(H,15,17). The molecule has 0 aliphatic carbocycles. The lowest BCUT2D eigenvalue weighted by atomic mass is 10.0. The highest BCUT2D eigenvalue weighted by Crippen LogP contribution is 2.13. The van der Waals surface area contributed by atoms with Crippen LogP contribution in [0.4, 0.5) is 4.79 Å². The van der Waals surface area contributed by atoms with Crippen LogP contribution in [-0.4, -0.2) is 55.9 Å². The van der Waals surface area contributed by atoms with Gasteiger partial charge in [0.15, 0.2) is 0 Å². The van der Waals surface area contributed by atoms with Crippen molar-refractivity contribution in [3.8, 4) is 0 Å². The van der Waals surface area contributed by atoms with Crippen molar-refractivity contribution in [2.45, 2.75) is 38.8 Å². The molecule has 2 aliphatic rings. The van der Waals surface area contributed by atoms with Crippen molar-refractivity contribution >= 4 is 6.03 Å². The highest BCUT2D eigenvalue weighted by atomic mass is 16.5. The maximum Gasteiger partial charge on any atom is 0.317 e. The van der Waals surface area contributed by atoms with E-state index in [1.165, 1.54) is 0 Å². The van der Waals surface area contributed by atoms with Gasteiger partial charge < -0.3 is 20.3 Å². The van der Waals surface area contributed by atoms with Gasteiger partial charge in [-0.2, -0.15) is 0 Å². The van der Waals surface area contributed by atoms with Crippen LogP contribution in [0.25, 0.3) is 0 Å². The molecule has 2 unspecified atom stereocenters. The maximum atomic E-state index is 11.8. The Morgan fingerprint density at radius 1 is 1.50 bits per heavy atom. The number of nitrogens with one attached hydrogen (secondary N) is 2. The summed E-state index contributed by atoms with van der Waals surface area (Å²) in [6.45, 7) is 8.66. The summed E-state index contributed by atoms with van der Waals surface area (Å²) in [5.74, 6) is 0.626. The Morgan fingerprint density at radius 2 is 2.33 bits per heavy atom. The molecule has 2 atom stereocenters. The number of rotatable bonds is 5. The Hall–Kier alpha value is -0.810. The second-order valence-corrected chi connectivity index (χ2v) is 5.71. The van der Waals surface area contributed by atoms with E-state index in [0.29, 0.717) is 12.0 Å². The average Bonchev–Trinajstić information content (AvgIpc) is 2.67. The highest BCUT2D eigenvalue weighted by molar-refractivity contribution is 5.76. The molecular formula is C13H25N3O2. The second-order valence-electron chi connectivity index (χ2n) is 5.71. The largest absolute Gasteiger partial charge is 0.376 e. The number of nitrogens with zero attached hydrogens (tertiary/aromatic N) is 1. The summed E-state index contributed by atoms with van der Waals surface area (Å²) in [6, 6.07) is 0.410. The summed E-state index contributed by atoms with van der Waals surface area (Å²) >= 11 is 0. The minimum absolute atomic E-state index is 0.0874. The minimum atomic E-state index is 0.0874. The van der Waals surface area contributed by atoms with Crippen LogP contribution in [0.5, 0.6) is 0 Å². The fraction of sp³-hybridized carbons (Fsp3) is 0.923. The molecule has 2 N–H and O–H groups in total. The summed E-state index contributed by atoms with van der Waals surface area (Å²) in [5, 5.41) is 6.37. The van der Waals surface area contributed by atoms with E-state index in [1.54, 1.807) is 0 Å². The zero-order valence-electron chi connectivity index (χ0n) is 11.4. The molecule has 5 heteroatoms. The topological polar surface area (TPSA) is 53.6 Å². The van der Waals surface area contributed by atoms with Crippen LogP contribution in [0.2, 0.25) is 0 Å². The van der Waals surface area contributed by atoms with Gasteiger partial charge in [-0.1, -0.05) is 13.8 Å². The van der Waals surface area contributed by atoms with Crippen LogP contribution in [0, 0.1) is 5.92 Å². The first kappa shape index (κ1) is 13.6. The van der Waals surface area contributed by atoms with Crippen molar-refractivity contribution < 1.29 is 9.53 Å². The van der Waals surface area contributed by atoms with E-state index in [9.17, 15) is 4.79 Å². The molecule has 0 spiro atoms. The van der Waals surface area contributed by atoms with Crippen molar-refractivity contribution in [1.82, 2.24) is 15.5 Å². The summed E-state index contributed by atoms with van der Waals surface area (Å²) in [7, 11) is 0. The predicted molar refractivity (Wildman–Crippen MR) is 70.6 cm³/mol. The quantitative estimate of drug-likeness (QED) is 0.764. The lowest BCUT2D eigenvalue weighted by Gasteiger charge is -2.25. The molecule has 0 saturated carbocycles. The Bertz CT molecular complexity index is 277. The van der Waals surface area contributed by atoms with Gasteiger partial charge in [0.1, 0.15) is 0 Å². The maximum absolute atomic E-state index is 11.8. The zero-order chi connectivity index (χ0) is 13.0. The molecular weight excluding hydrogens is 230 g/mol. The van der Waals surface area contributed by atoms with Gasteiger partial charge in [0.25, 0.3) is 0 Å². The van der Waals surface area contributed by atoms with Gasteiger partial charge in [0.2, 0.25) is 0 Å². The Labute approximate surface area is 109 Å². The van der Waals surface area contributed by atoms with E-state index in [-0.39, 0.29) is 12.1 Å². The summed E-state index contributed by atoms with van der Waals surface area (Å²) in [4.78, 5) is 13.7. The molecule has 18 heavy (non-hydrogen) atoms. The van der Waals surface area contributed by atoms with E-state index in [0.717, 1.165) is 45.6 Å². The molecule has 0 radical (unpaired) electrons. The molecule has 2 heterocycles. The number of hydrogen-bond acceptors (Lipinski definition) is 3. The van der Waals surface area contributed by atoms with Crippen LogP contribution in [0.1, 0.15) is 26.7 Å². The normalized spacial score (nSPS) is 28.8. The van der Waals surface area contributed by atoms with Gasteiger partial charge in [-0.25, -0.2) is 4.79 Å². The molecule has 5 nitrogen and oxygen atoms in total. The first-order valence-electron chi connectivity index (χ1n) is 7.03. The number of carbonyl (C=O) groups is 1. The van der Waals surface area contributed by atoms with Crippen molar-refractivity contribution in [2.24, 2.45) is 5.92 Å².